The molecule has 0 bridgehead atoms. The van der Waals surface area contributed by atoms with E-state index < -0.39 is 5.91 Å². The van der Waals surface area contributed by atoms with Gasteiger partial charge in [0, 0.05) is 30.3 Å². The second kappa shape index (κ2) is 8.41. The summed E-state index contributed by atoms with van der Waals surface area (Å²) in [6, 6.07) is 13.6. The van der Waals surface area contributed by atoms with Gasteiger partial charge in [-0.2, -0.15) is 0 Å². The number of hydrogen-bond donors (Lipinski definition) is 2. The second-order valence-electron chi connectivity index (χ2n) is 7.14. The molecule has 0 saturated carbocycles. The molecule has 27 heavy (non-hydrogen) atoms. The Hall–Kier alpha value is -2.57. The predicted molar refractivity (Wildman–Crippen MR) is 102 cm³/mol. The molecule has 3 rings (SSSR count). The molecule has 2 N–H and O–H groups in total. The fraction of sp³-hybridized carbons (Fsp3) is 0.381. The summed E-state index contributed by atoms with van der Waals surface area (Å²) in [5, 5.41) is 8.85. The third-order valence-electron chi connectivity index (χ3n) is 5.00. The van der Waals surface area contributed by atoms with E-state index in [1.165, 1.54) is 5.56 Å². The van der Waals surface area contributed by atoms with E-state index in [2.05, 4.69) is 30.9 Å². The molecule has 0 radical (unpaired) electrons. The number of benzene rings is 2. The minimum atomic E-state index is -0.541. The molecule has 1 aliphatic rings. The van der Waals surface area contributed by atoms with Crippen molar-refractivity contribution in [1.29, 1.82) is 0 Å². The number of amides is 1. The quantitative estimate of drug-likeness (QED) is 0.625. The van der Waals surface area contributed by atoms with Gasteiger partial charge in [-0.3, -0.25) is 14.9 Å². The van der Waals surface area contributed by atoms with Crippen LogP contribution in [0, 0.1) is 5.92 Å². The number of nitrogens with one attached hydrogen (secondary N) is 1. The lowest BCUT2D eigenvalue weighted by Crippen LogP contribution is -2.40. The topological polar surface area (TPSA) is 71.0 Å². The van der Waals surface area contributed by atoms with Gasteiger partial charge >= 0.3 is 0 Å². The molecule has 6 nitrogen and oxygen atoms in total. The molecule has 0 spiro atoms. The summed E-state index contributed by atoms with van der Waals surface area (Å²) >= 11 is 0. The summed E-state index contributed by atoms with van der Waals surface area (Å²) in [5.74, 6) is 1.41. The summed E-state index contributed by atoms with van der Waals surface area (Å²) in [4.78, 5) is 14.1. The highest BCUT2D eigenvalue weighted by Gasteiger charge is 2.27. The van der Waals surface area contributed by atoms with Crippen molar-refractivity contribution >= 4 is 5.91 Å². The molecule has 2 aromatic carbocycles. The average molecular weight is 370 g/mol. The molecule has 0 fully saturated rings. The predicted octanol–water partition coefficient (Wildman–Crippen LogP) is 3.23. The van der Waals surface area contributed by atoms with Gasteiger partial charge < -0.3 is 9.47 Å². The zero-order valence-corrected chi connectivity index (χ0v) is 15.9. The maximum absolute atomic E-state index is 11.7. The van der Waals surface area contributed by atoms with Crippen molar-refractivity contribution in [3.8, 4) is 11.5 Å². The van der Waals surface area contributed by atoms with Gasteiger partial charge in [-0.05, 0) is 35.7 Å². The van der Waals surface area contributed by atoms with E-state index in [4.69, 9.17) is 14.7 Å². The van der Waals surface area contributed by atoms with Crippen LogP contribution in [0.4, 0.5) is 0 Å². The molecule has 0 unspecified atom stereocenters. The number of rotatable bonds is 5. The standard InChI is InChI=1S/C21H26N2O4/c1-14(2)19-13-27-20-10-16(21(24)22-25)6-7-17(20)12-23(19)11-15-4-8-18(26-3)9-5-15/h4-10,14,19,25H,11-13H2,1-3H3,(H,22,24)/t19-/m0/s1. The summed E-state index contributed by atoms with van der Waals surface area (Å²) < 4.78 is 11.3. The maximum atomic E-state index is 11.7. The lowest BCUT2D eigenvalue weighted by molar-refractivity contribution is 0.0705. The van der Waals surface area contributed by atoms with Gasteiger partial charge in [-0.15, -0.1) is 0 Å². The lowest BCUT2D eigenvalue weighted by Gasteiger charge is -2.32. The van der Waals surface area contributed by atoms with E-state index in [0.29, 0.717) is 23.8 Å². The van der Waals surface area contributed by atoms with E-state index >= 15 is 0 Å². The van der Waals surface area contributed by atoms with Crippen molar-refractivity contribution in [2.75, 3.05) is 13.7 Å². The Bertz CT molecular complexity index is 789. The Morgan fingerprint density at radius 3 is 2.67 bits per heavy atom. The zero-order chi connectivity index (χ0) is 19.4. The largest absolute Gasteiger partial charge is 0.497 e. The number of carbonyl (C=O) groups excluding carboxylic acids is 1. The van der Waals surface area contributed by atoms with Gasteiger partial charge in [0.15, 0.2) is 0 Å². The summed E-state index contributed by atoms with van der Waals surface area (Å²) in [6.45, 7) is 6.45. The van der Waals surface area contributed by atoms with Crippen LogP contribution in [-0.4, -0.2) is 35.8 Å². The number of fused-ring (bicyclic) bond motifs is 1. The van der Waals surface area contributed by atoms with E-state index in [-0.39, 0.29) is 6.04 Å². The van der Waals surface area contributed by atoms with Crippen molar-refractivity contribution < 1.29 is 19.5 Å². The van der Waals surface area contributed by atoms with Gasteiger partial charge in [0.05, 0.1) is 7.11 Å². The normalized spacial score (nSPS) is 17.0. The Balaban J connectivity index is 1.85. The number of hydroxylamine groups is 1. The lowest BCUT2D eigenvalue weighted by atomic mass is 10.0. The monoisotopic (exact) mass is 370 g/mol. The zero-order valence-electron chi connectivity index (χ0n) is 15.9. The molecule has 144 valence electrons. The van der Waals surface area contributed by atoms with Crippen molar-refractivity contribution in [2.45, 2.75) is 33.0 Å². The summed E-state index contributed by atoms with van der Waals surface area (Å²) in [5.41, 5.74) is 4.28. The highest BCUT2D eigenvalue weighted by atomic mass is 16.5. The molecule has 0 aromatic heterocycles. The minimum absolute atomic E-state index is 0.245. The van der Waals surface area contributed by atoms with Crippen molar-refractivity contribution in [1.82, 2.24) is 10.4 Å². The maximum Gasteiger partial charge on any atom is 0.274 e. The number of methoxy groups -OCH3 is 1. The number of nitrogens with zero attached hydrogens (tertiary/aromatic N) is 1. The van der Waals surface area contributed by atoms with Crippen LogP contribution in [0.15, 0.2) is 42.5 Å². The number of ether oxygens (including phenoxy) is 2. The Kier molecular flexibility index (Phi) is 5.98. The van der Waals surface area contributed by atoms with Crippen molar-refractivity contribution in [3.05, 3.63) is 59.2 Å². The molecule has 2 aromatic rings. The molecule has 1 atom stereocenters. The number of hydrogen-bond acceptors (Lipinski definition) is 5. The van der Waals surface area contributed by atoms with E-state index in [0.717, 1.165) is 24.4 Å². The highest BCUT2D eigenvalue weighted by molar-refractivity contribution is 5.93. The van der Waals surface area contributed by atoms with Gasteiger partial charge in [0.25, 0.3) is 5.91 Å². The molecule has 0 aliphatic carbocycles. The molecule has 1 amide bonds. The highest BCUT2D eigenvalue weighted by Crippen LogP contribution is 2.30. The molecular weight excluding hydrogens is 344 g/mol. The fourth-order valence-corrected chi connectivity index (χ4v) is 3.39. The van der Waals surface area contributed by atoms with Gasteiger partial charge in [-0.1, -0.05) is 32.0 Å². The van der Waals surface area contributed by atoms with E-state index in [9.17, 15) is 4.79 Å². The first kappa shape index (κ1) is 19.2. The summed E-state index contributed by atoms with van der Waals surface area (Å²) in [7, 11) is 1.66. The van der Waals surface area contributed by atoms with Crippen molar-refractivity contribution in [2.24, 2.45) is 5.92 Å². The van der Waals surface area contributed by atoms with E-state index in [1.54, 1.807) is 24.7 Å². The van der Waals surface area contributed by atoms with E-state index in [1.807, 2.05) is 18.2 Å². The summed E-state index contributed by atoms with van der Waals surface area (Å²) in [6.07, 6.45) is 0. The number of carbonyl (C=O) groups is 1. The van der Waals surface area contributed by atoms with Crippen LogP contribution >= 0.6 is 0 Å². The Morgan fingerprint density at radius 1 is 1.30 bits per heavy atom. The van der Waals surface area contributed by atoms with Gasteiger partial charge in [0.2, 0.25) is 0 Å². The molecular formula is C21H26N2O4. The molecule has 1 aliphatic heterocycles. The van der Waals surface area contributed by atoms with Crippen molar-refractivity contribution in [3.63, 3.8) is 0 Å². The minimum Gasteiger partial charge on any atom is -0.497 e. The molecule has 0 saturated heterocycles. The molecule has 6 heteroatoms. The van der Waals surface area contributed by atoms with Crippen LogP contribution in [0.1, 0.15) is 35.3 Å². The SMILES string of the molecule is COc1ccc(CN2Cc3ccc(C(=O)NO)cc3OC[C@H]2C(C)C)cc1. The van der Waals surface area contributed by atoms with Crippen LogP contribution in [-0.2, 0) is 13.1 Å². The van der Waals surface area contributed by atoms with Crippen LogP contribution in [0.5, 0.6) is 11.5 Å². The Labute approximate surface area is 159 Å². The average Bonchev–Trinajstić information content (AvgIpc) is 2.86. The van der Waals surface area contributed by atoms with Crippen LogP contribution < -0.4 is 15.0 Å². The first-order valence-corrected chi connectivity index (χ1v) is 9.09. The second-order valence-corrected chi connectivity index (χ2v) is 7.14. The van der Waals surface area contributed by atoms with Gasteiger partial charge in [0.1, 0.15) is 18.1 Å². The van der Waals surface area contributed by atoms with Crippen LogP contribution in [0.2, 0.25) is 0 Å². The van der Waals surface area contributed by atoms with Gasteiger partial charge in [-0.25, -0.2) is 5.48 Å². The fourth-order valence-electron chi connectivity index (χ4n) is 3.39. The third kappa shape index (κ3) is 4.40. The first-order chi connectivity index (χ1) is 13.0. The van der Waals surface area contributed by atoms with Crippen LogP contribution in [0.3, 0.4) is 0 Å². The Morgan fingerprint density at radius 2 is 2.04 bits per heavy atom. The first-order valence-electron chi connectivity index (χ1n) is 9.09. The smallest absolute Gasteiger partial charge is 0.274 e. The van der Waals surface area contributed by atoms with Crippen LogP contribution in [0.25, 0.3) is 0 Å². The third-order valence-corrected chi connectivity index (χ3v) is 5.00. The molecule has 1 heterocycles.